The van der Waals surface area contributed by atoms with Gasteiger partial charge in [0.25, 0.3) is 0 Å². The molecule has 1 aromatic heterocycles. The Balaban J connectivity index is 1.74. The Morgan fingerprint density at radius 3 is 1.88 bits per heavy atom. The van der Waals surface area contributed by atoms with E-state index in [0.717, 1.165) is 27.0 Å². The van der Waals surface area contributed by atoms with E-state index >= 15 is 0 Å². The van der Waals surface area contributed by atoms with Crippen LogP contribution in [0.1, 0.15) is 0 Å². The largest absolute Gasteiger partial charge is 0.456 e. The molecule has 0 radical (unpaired) electrons. The third-order valence-electron chi connectivity index (χ3n) is 7.03. The summed E-state index contributed by atoms with van der Waals surface area (Å²) in [5, 5.41) is 8.47. The van der Waals surface area contributed by atoms with Crippen molar-refractivity contribution in [2.45, 2.75) is 0 Å². The summed E-state index contributed by atoms with van der Waals surface area (Å²) in [6.45, 7) is 0. The zero-order valence-corrected chi connectivity index (χ0v) is 19.5. The van der Waals surface area contributed by atoms with Crippen molar-refractivity contribution >= 4 is 62.4 Å². The number of fused-ring (bicyclic) bond motifs is 7. The summed E-state index contributed by atoms with van der Waals surface area (Å²) in [7, 11) is -2.51. The first-order valence-electron chi connectivity index (χ1n) is 11.2. The Kier molecular flexibility index (Phi) is 3.99. The lowest BCUT2D eigenvalue weighted by atomic mass is 9.99. The number of hydrogen-bond donors (Lipinski definition) is 0. The fourth-order valence-electron chi connectivity index (χ4n) is 5.80. The lowest BCUT2D eigenvalue weighted by molar-refractivity contribution is 0.669. The van der Waals surface area contributed by atoms with Gasteiger partial charge in [0.2, 0.25) is 0 Å². The number of hydrogen-bond acceptors (Lipinski definition) is 1. The van der Waals surface area contributed by atoms with Gasteiger partial charge in [0.1, 0.15) is 11.2 Å². The van der Waals surface area contributed by atoms with Crippen LogP contribution in [0.3, 0.4) is 0 Å². The molecule has 0 aliphatic carbocycles. The molecule has 0 saturated carbocycles. The summed E-state index contributed by atoms with van der Waals surface area (Å²) in [6.07, 6.45) is 0. The Bertz CT molecular complexity index is 1630. The van der Waals surface area contributed by atoms with Crippen LogP contribution in [0.25, 0.3) is 33.1 Å². The highest BCUT2D eigenvalue weighted by Crippen LogP contribution is 2.41. The zero-order chi connectivity index (χ0) is 22.0. The average Bonchev–Trinajstić information content (AvgIpc) is 3.40. The average molecular weight is 459 g/mol. The maximum absolute atomic E-state index is 6.76. The third-order valence-corrected chi connectivity index (χ3v) is 12.2. The van der Waals surface area contributed by atoms with Gasteiger partial charge in [-0.1, -0.05) is 109 Å². The molecule has 0 spiro atoms. The van der Waals surface area contributed by atoms with Crippen molar-refractivity contribution in [3.05, 3.63) is 120 Å². The number of benzene rings is 5. The first kappa shape index (κ1) is 18.9. The predicted octanol–water partition coefficient (Wildman–Crippen LogP) is 5.60. The fourth-order valence-corrected chi connectivity index (χ4v) is 11.2. The third kappa shape index (κ3) is 2.42. The van der Waals surface area contributed by atoms with Crippen LogP contribution in [0.15, 0.2) is 120 Å². The Morgan fingerprint density at radius 1 is 0.515 bits per heavy atom. The maximum Gasteiger partial charge on any atom is 0.180 e. The molecule has 6 aromatic rings. The molecule has 0 fully saturated rings. The summed E-state index contributed by atoms with van der Waals surface area (Å²) < 4.78 is 6.28. The Morgan fingerprint density at radius 2 is 1.15 bits per heavy atom. The molecule has 7 rings (SSSR count). The van der Waals surface area contributed by atoms with Crippen LogP contribution in [-0.4, -0.2) is 8.07 Å². The van der Waals surface area contributed by atoms with Crippen molar-refractivity contribution in [2.24, 2.45) is 0 Å². The molecule has 1 nitrogen and oxygen atoms in total. The summed E-state index contributed by atoms with van der Waals surface area (Å²) in [5.74, 6) is 0. The van der Waals surface area contributed by atoms with Crippen molar-refractivity contribution in [1.29, 1.82) is 0 Å². The molecule has 0 amide bonds. The highest BCUT2D eigenvalue weighted by molar-refractivity contribution is 7.22. The SMILES string of the molecule is Clc1cccc2oc3ccc4c(c3c12)-c1ccccc1[Si]4(c1ccccc1)c1ccccc1. The first-order valence-corrected chi connectivity index (χ1v) is 13.5. The standard InChI is InChI=1S/C30H19ClOSi/c31-23-15-9-16-24-29(23)30-25(32-24)18-19-27-28(30)22-14-7-8-17-26(22)33(27,20-10-3-1-4-11-20)21-12-5-2-6-13-21/h1-19H. The number of furan rings is 1. The van der Waals surface area contributed by atoms with Crippen molar-refractivity contribution in [3.8, 4) is 11.1 Å². The van der Waals surface area contributed by atoms with Crippen LogP contribution in [0.5, 0.6) is 0 Å². The second-order valence-electron chi connectivity index (χ2n) is 8.60. The molecule has 3 heteroatoms. The van der Waals surface area contributed by atoms with E-state index in [1.165, 1.54) is 31.9 Å². The minimum absolute atomic E-state index is 0.732. The van der Waals surface area contributed by atoms with Crippen molar-refractivity contribution in [2.75, 3.05) is 0 Å². The lowest BCUT2D eigenvalue weighted by Gasteiger charge is -2.31. The minimum Gasteiger partial charge on any atom is -0.456 e. The minimum atomic E-state index is -2.51. The van der Waals surface area contributed by atoms with Gasteiger partial charge >= 0.3 is 0 Å². The van der Waals surface area contributed by atoms with Gasteiger partial charge in [0.15, 0.2) is 8.07 Å². The Labute approximate surface area is 197 Å². The van der Waals surface area contributed by atoms with Crippen molar-refractivity contribution in [1.82, 2.24) is 0 Å². The van der Waals surface area contributed by atoms with E-state index in [-0.39, 0.29) is 0 Å². The number of rotatable bonds is 2. The molecule has 1 aliphatic rings. The number of halogens is 1. The summed E-state index contributed by atoms with van der Waals surface area (Å²) in [4.78, 5) is 0. The molecule has 33 heavy (non-hydrogen) atoms. The van der Waals surface area contributed by atoms with E-state index in [9.17, 15) is 0 Å². The molecule has 0 bridgehead atoms. The van der Waals surface area contributed by atoms with E-state index in [1.54, 1.807) is 0 Å². The van der Waals surface area contributed by atoms with E-state index in [0.29, 0.717) is 0 Å². The van der Waals surface area contributed by atoms with Crippen LogP contribution in [0, 0.1) is 0 Å². The van der Waals surface area contributed by atoms with E-state index < -0.39 is 8.07 Å². The molecule has 0 atom stereocenters. The Hall–Kier alpha value is -3.59. The topological polar surface area (TPSA) is 13.1 Å². The van der Waals surface area contributed by atoms with Gasteiger partial charge in [-0.15, -0.1) is 0 Å². The molecule has 156 valence electrons. The normalized spacial score (nSPS) is 13.8. The molecule has 0 N–H and O–H groups in total. The maximum atomic E-state index is 6.76. The molecule has 0 unspecified atom stereocenters. The second-order valence-corrected chi connectivity index (χ2v) is 12.7. The van der Waals surface area contributed by atoms with Crippen LogP contribution in [0.4, 0.5) is 0 Å². The van der Waals surface area contributed by atoms with Crippen LogP contribution < -0.4 is 20.7 Å². The summed E-state index contributed by atoms with van der Waals surface area (Å²) in [6, 6.07) is 41.3. The molecular weight excluding hydrogens is 440 g/mol. The van der Waals surface area contributed by atoms with Crippen LogP contribution in [0.2, 0.25) is 5.02 Å². The predicted molar refractivity (Wildman–Crippen MR) is 141 cm³/mol. The van der Waals surface area contributed by atoms with Gasteiger partial charge in [-0.3, -0.25) is 0 Å². The summed E-state index contributed by atoms with van der Waals surface area (Å²) in [5.41, 5.74) is 4.29. The first-order chi connectivity index (χ1) is 16.3. The van der Waals surface area contributed by atoms with Gasteiger partial charge in [-0.25, -0.2) is 0 Å². The smallest absolute Gasteiger partial charge is 0.180 e. The zero-order valence-electron chi connectivity index (χ0n) is 17.8. The van der Waals surface area contributed by atoms with Crippen LogP contribution >= 0.6 is 11.6 Å². The monoisotopic (exact) mass is 458 g/mol. The highest BCUT2D eigenvalue weighted by Gasteiger charge is 2.49. The van der Waals surface area contributed by atoms with E-state index in [1.807, 2.05) is 18.2 Å². The van der Waals surface area contributed by atoms with Gasteiger partial charge in [0, 0.05) is 10.8 Å². The van der Waals surface area contributed by atoms with Gasteiger partial charge in [0.05, 0.1) is 5.02 Å². The van der Waals surface area contributed by atoms with E-state index in [4.69, 9.17) is 16.0 Å². The van der Waals surface area contributed by atoms with Crippen LogP contribution in [-0.2, 0) is 0 Å². The highest BCUT2D eigenvalue weighted by atomic mass is 35.5. The summed E-state index contributed by atoms with van der Waals surface area (Å²) >= 11 is 6.76. The van der Waals surface area contributed by atoms with Gasteiger partial charge in [-0.2, -0.15) is 0 Å². The second kappa shape index (κ2) is 6.95. The van der Waals surface area contributed by atoms with E-state index in [2.05, 4.69) is 97.1 Å². The quantitative estimate of drug-likeness (QED) is 0.307. The molecule has 1 aliphatic heterocycles. The molecule has 0 saturated heterocycles. The molecule has 2 heterocycles. The van der Waals surface area contributed by atoms with Crippen molar-refractivity contribution in [3.63, 3.8) is 0 Å². The fraction of sp³-hybridized carbons (Fsp3) is 0. The molecule has 5 aromatic carbocycles. The molecular formula is C30H19ClOSi. The lowest BCUT2D eigenvalue weighted by Crippen LogP contribution is -2.72. The van der Waals surface area contributed by atoms with Crippen molar-refractivity contribution < 1.29 is 4.42 Å². The van der Waals surface area contributed by atoms with Gasteiger partial charge < -0.3 is 4.42 Å². The van der Waals surface area contributed by atoms with Gasteiger partial charge in [-0.05, 0) is 50.1 Å².